The van der Waals surface area contributed by atoms with Crippen LogP contribution in [0.4, 0.5) is 8.78 Å². The molecule has 0 aliphatic rings. The van der Waals surface area contributed by atoms with Gasteiger partial charge in [-0.2, -0.15) is 0 Å². The first-order chi connectivity index (χ1) is 5.72. The van der Waals surface area contributed by atoms with E-state index < -0.39 is 6.43 Å². The van der Waals surface area contributed by atoms with E-state index in [4.69, 9.17) is 0 Å². The van der Waals surface area contributed by atoms with Crippen molar-refractivity contribution in [3.05, 3.63) is 29.6 Å². The summed E-state index contributed by atoms with van der Waals surface area (Å²) >= 11 is 0. The highest BCUT2D eigenvalue weighted by molar-refractivity contribution is 5.18. The number of rotatable bonds is 1. The zero-order valence-electron chi connectivity index (χ0n) is 7.51. The Labute approximate surface area is 71.4 Å². The molecule has 0 radical (unpaired) electrons. The van der Waals surface area contributed by atoms with Crippen molar-refractivity contribution in [2.75, 3.05) is 0 Å². The van der Waals surface area contributed by atoms with E-state index in [0.29, 0.717) is 5.56 Å². The van der Waals surface area contributed by atoms with Crippen molar-refractivity contribution in [1.82, 2.24) is 4.98 Å². The average Bonchev–Trinajstić information content (AvgIpc) is 2.08. The van der Waals surface area contributed by atoms with Gasteiger partial charge in [-0.1, -0.05) is 19.9 Å². The largest absolute Gasteiger partial charge is 0.280 e. The molecule has 0 aliphatic carbocycles. The fraction of sp³-hybridized carbons (Fsp3) is 0.444. The lowest BCUT2D eigenvalue weighted by molar-refractivity contribution is 0.145. The summed E-state index contributed by atoms with van der Waals surface area (Å²) in [5.41, 5.74) is 0.417. The smallest absolute Gasteiger partial charge is 0.255 e. The standard InChI is InChI=1S/C7H7F2N.C2H6/c1-5-3-2-4-10-6(5)7(8)9;1-2/h2-4,7H,1H3;1-2H3. The molecular weight excluding hydrogens is 160 g/mol. The Balaban J connectivity index is 0.000000561. The summed E-state index contributed by atoms with van der Waals surface area (Å²) < 4.78 is 23.9. The Hall–Kier alpha value is -0.990. The van der Waals surface area contributed by atoms with Gasteiger partial charge in [0, 0.05) is 6.20 Å². The van der Waals surface area contributed by atoms with Crippen LogP contribution in [0.25, 0.3) is 0 Å². The van der Waals surface area contributed by atoms with Gasteiger partial charge in [-0.15, -0.1) is 0 Å². The van der Waals surface area contributed by atoms with Gasteiger partial charge < -0.3 is 0 Å². The van der Waals surface area contributed by atoms with E-state index in [1.165, 1.54) is 6.20 Å². The monoisotopic (exact) mass is 173 g/mol. The van der Waals surface area contributed by atoms with Crippen molar-refractivity contribution in [1.29, 1.82) is 0 Å². The Kier molecular flexibility index (Phi) is 5.17. The highest BCUT2D eigenvalue weighted by atomic mass is 19.3. The molecule has 0 saturated heterocycles. The number of hydrogen-bond acceptors (Lipinski definition) is 1. The van der Waals surface area contributed by atoms with Gasteiger partial charge in [0.25, 0.3) is 6.43 Å². The fourth-order valence-electron chi connectivity index (χ4n) is 0.726. The van der Waals surface area contributed by atoms with Crippen molar-refractivity contribution < 1.29 is 8.78 Å². The van der Waals surface area contributed by atoms with E-state index in [0.717, 1.165) is 0 Å². The summed E-state index contributed by atoms with van der Waals surface area (Å²) in [5.74, 6) is 0. The maximum atomic E-state index is 12.0. The Morgan fingerprint density at radius 3 is 2.25 bits per heavy atom. The molecule has 0 amide bonds. The zero-order valence-corrected chi connectivity index (χ0v) is 7.51. The van der Waals surface area contributed by atoms with Crippen molar-refractivity contribution in [3.63, 3.8) is 0 Å². The normalized spacial score (nSPS) is 9.17. The van der Waals surface area contributed by atoms with Crippen LogP contribution in [0.1, 0.15) is 31.5 Å². The molecule has 1 nitrogen and oxygen atoms in total. The molecule has 0 unspecified atom stereocenters. The Morgan fingerprint density at radius 2 is 1.92 bits per heavy atom. The highest BCUT2D eigenvalue weighted by Gasteiger charge is 2.09. The van der Waals surface area contributed by atoms with Crippen molar-refractivity contribution in [2.24, 2.45) is 0 Å². The van der Waals surface area contributed by atoms with E-state index in [2.05, 4.69) is 4.98 Å². The number of hydrogen-bond donors (Lipinski definition) is 0. The lowest BCUT2D eigenvalue weighted by Gasteiger charge is -2.00. The summed E-state index contributed by atoms with van der Waals surface area (Å²) in [7, 11) is 0. The average molecular weight is 173 g/mol. The second-order valence-electron chi connectivity index (χ2n) is 2.01. The first-order valence-electron chi connectivity index (χ1n) is 3.91. The van der Waals surface area contributed by atoms with Crippen molar-refractivity contribution >= 4 is 0 Å². The van der Waals surface area contributed by atoms with Crippen LogP contribution in [0.15, 0.2) is 18.3 Å². The molecule has 0 N–H and O–H groups in total. The first-order valence-corrected chi connectivity index (χ1v) is 3.91. The molecule has 3 heteroatoms. The van der Waals surface area contributed by atoms with Gasteiger partial charge in [-0.25, -0.2) is 8.78 Å². The molecular formula is C9H13F2N. The SMILES string of the molecule is CC.Cc1cccnc1C(F)F. The number of halogens is 2. The quantitative estimate of drug-likeness (QED) is 0.634. The second kappa shape index (κ2) is 5.63. The van der Waals surface area contributed by atoms with Crippen molar-refractivity contribution in [2.45, 2.75) is 27.2 Å². The van der Waals surface area contributed by atoms with E-state index in [9.17, 15) is 8.78 Å². The minimum Gasteiger partial charge on any atom is -0.255 e. The molecule has 0 bridgehead atoms. The van der Waals surface area contributed by atoms with Crippen LogP contribution in [-0.2, 0) is 0 Å². The predicted octanol–water partition coefficient (Wildman–Crippen LogP) is 3.35. The minimum absolute atomic E-state index is 0.123. The molecule has 0 spiro atoms. The number of aromatic nitrogens is 1. The van der Waals surface area contributed by atoms with Crippen molar-refractivity contribution in [3.8, 4) is 0 Å². The van der Waals surface area contributed by atoms with E-state index >= 15 is 0 Å². The third-order valence-corrected chi connectivity index (χ3v) is 1.26. The molecule has 0 saturated carbocycles. The number of aryl methyl sites for hydroxylation is 1. The van der Waals surface area contributed by atoms with Crippen LogP contribution in [0, 0.1) is 6.92 Å². The van der Waals surface area contributed by atoms with Gasteiger partial charge in [-0.3, -0.25) is 4.98 Å². The maximum absolute atomic E-state index is 12.0. The van der Waals surface area contributed by atoms with Gasteiger partial charge in [0.05, 0.1) is 0 Å². The third kappa shape index (κ3) is 2.95. The molecule has 12 heavy (non-hydrogen) atoms. The molecule has 0 aromatic carbocycles. The minimum atomic E-state index is -2.46. The highest BCUT2D eigenvalue weighted by Crippen LogP contribution is 2.18. The Bertz CT molecular complexity index is 224. The number of nitrogens with zero attached hydrogens (tertiary/aromatic N) is 1. The van der Waals surface area contributed by atoms with Gasteiger partial charge in [0.15, 0.2) is 0 Å². The molecule has 68 valence electrons. The summed E-state index contributed by atoms with van der Waals surface area (Å²) in [6.45, 7) is 5.62. The third-order valence-electron chi connectivity index (χ3n) is 1.26. The molecule has 1 aromatic rings. The summed E-state index contributed by atoms with van der Waals surface area (Å²) in [5, 5.41) is 0. The predicted molar refractivity (Wildman–Crippen MR) is 45.3 cm³/mol. The Morgan fingerprint density at radius 1 is 1.33 bits per heavy atom. The topological polar surface area (TPSA) is 12.9 Å². The number of alkyl halides is 2. The second-order valence-corrected chi connectivity index (χ2v) is 2.01. The molecule has 1 heterocycles. The molecule has 0 aliphatic heterocycles. The van der Waals surface area contributed by atoms with Crippen LogP contribution < -0.4 is 0 Å². The maximum Gasteiger partial charge on any atom is 0.280 e. The van der Waals surface area contributed by atoms with Gasteiger partial charge in [-0.05, 0) is 18.6 Å². The van der Waals surface area contributed by atoms with Gasteiger partial charge in [0.2, 0.25) is 0 Å². The summed E-state index contributed by atoms with van der Waals surface area (Å²) in [6.07, 6.45) is -1.09. The lowest BCUT2D eigenvalue weighted by atomic mass is 10.2. The number of pyridine rings is 1. The molecule has 1 rings (SSSR count). The summed E-state index contributed by atoms with van der Waals surface area (Å²) in [6, 6.07) is 3.26. The zero-order chi connectivity index (χ0) is 9.56. The van der Waals surface area contributed by atoms with E-state index in [1.54, 1.807) is 19.1 Å². The molecule has 1 aromatic heterocycles. The van der Waals surface area contributed by atoms with Crippen LogP contribution in [0.2, 0.25) is 0 Å². The van der Waals surface area contributed by atoms with Crippen LogP contribution in [-0.4, -0.2) is 4.98 Å². The van der Waals surface area contributed by atoms with Crippen LogP contribution in [0.5, 0.6) is 0 Å². The van der Waals surface area contributed by atoms with Crippen LogP contribution >= 0.6 is 0 Å². The van der Waals surface area contributed by atoms with Crippen LogP contribution in [0.3, 0.4) is 0 Å². The first kappa shape index (κ1) is 11.0. The fourth-order valence-corrected chi connectivity index (χ4v) is 0.726. The molecule has 0 fully saturated rings. The summed E-state index contributed by atoms with van der Waals surface area (Å²) in [4.78, 5) is 3.53. The van der Waals surface area contributed by atoms with Gasteiger partial charge >= 0.3 is 0 Å². The van der Waals surface area contributed by atoms with E-state index in [-0.39, 0.29) is 5.69 Å². The van der Waals surface area contributed by atoms with Gasteiger partial charge in [0.1, 0.15) is 5.69 Å². The lowest BCUT2D eigenvalue weighted by Crippen LogP contribution is -1.92. The molecule has 0 atom stereocenters. The van der Waals surface area contributed by atoms with E-state index in [1.807, 2.05) is 13.8 Å².